The number of ether oxygens (including phenoxy) is 10. The van der Waals surface area contributed by atoms with Gasteiger partial charge in [0.2, 0.25) is 23.1 Å². The molecule has 6 aromatic rings. The molecule has 0 N–H and O–H groups in total. The molecular formula is C82H116O12P2. The molecule has 2 heterocycles. The minimum atomic E-state index is -4.47. The van der Waals surface area contributed by atoms with Crippen LogP contribution in [-0.2, 0) is 52.5 Å². The van der Waals surface area contributed by atoms with Gasteiger partial charge in [-0.15, -0.1) is 0 Å². The normalized spacial score (nSPS) is 15.2. The van der Waals surface area contributed by atoms with Crippen LogP contribution in [0.4, 0.5) is 0 Å². The number of fused-ring (bicyclic) bond motifs is 2. The first kappa shape index (κ1) is 75.6. The zero-order chi connectivity index (χ0) is 72.6. The minimum absolute atomic E-state index is 0.159. The van der Waals surface area contributed by atoms with E-state index in [4.69, 9.17) is 47.4 Å². The van der Waals surface area contributed by atoms with Crippen LogP contribution in [0.1, 0.15) is 252 Å². The van der Waals surface area contributed by atoms with Gasteiger partial charge in [0, 0.05) is 110 Å². The van der Waals surface area contributed by atoms with E-state index in [1.54, 1.807) is 28.4 Å². The molecule has 0 saturated heterocycles. The summed E-state index contributed by atoms with van der Waals surface area (Å²) in [6.45, 7) is 63.5. The molecule has 8 rings (SSSR count). The van der Waals surface area contributed by atoms with E-state index in [2.05, 4.69) is 215 Å². The van der Waals surface area contributed by atoms with Crippen molar-refractivity contribution in [3.05, 3.63) is 105 Å². The third kappa shape index (κ3) is 13.7. The summed E-state index contributed by atoms with van der Waals surface area (Å²) in [6, 6.07) is 20.5. The van der Waals surface area contributed by atoms with Crippen LogP contribution in [0.5, 0.6) is 57.5 Å². The fraction of sp³-hybridized carbons (Fsp3) is 0.561. The van der Waals surface area contributed by atoms with E-state index in [1.165, 1.54) is 0 Å². The van der Waals surface area contributed by atoms with Crippen molar-refractivity contribution in [1.29, 1.82) is 0 Å². The highest BCUT2D eigenvalue weighted by atomic mass is 31.2. The van der Waals surface area contributed by atoms with Crippen molar-refractivity contribution < 1.29 is 56.5 Å². The van der Waals surface area contributed by atoms with E-state index in [0.717, 1.165) is 67.5 Å². The lowest BCUT2D eigenvalue weighted by Gasteiger charge is -2.35. The highest BCUT2D eigenvalue weighted by Crippen LogP contribution is 2.64. The predicted octanol–water partition coefficient (Wildman–Crippen LogP) is 18.9. The summed E-state index contributed by atoms with van der Waals surface area (Å²) in [5.74, 6) is 1.88. The molecule has 0 spiro atoms. The van der Waals surface area contributed by atoms with Crippen LogP contribution in [0, 0.1) is 0 Å². The van der Waals surface area contributed by atoms with Crippen LogP contribution in [0.2, 0.25) is 0 Å². The van der Waals surface area contributed by atoms with E-state index < -0.39 is 69.2 Å². The number of hydrogen-bond donors (Lipinski definition) is 0. The summed E-state index contributed by atoms with van der Waals surface area (Å²) < 4.78 is 107. The van der Waals surface area contributed by atoms with Crippen LogP contribution >= 0.6 is 14.3 Å². The molecule has 0 unspecified atom stereocenters. The molecule has 12 nitrogen and oxygen atoms in total. The minimum Gasteiger partial charge on any atom is -0.496 e. The van der Waals surface area contributed by atoms with Crippen molar-refractivity contribution in [3.8, 4) is 68.6 Å². The summed E-state index contributed by atoms with van der Waals surface area (Å²) in [6.07, 6.45) is 0. The van der Waals surface area contributed by atoms with Gasteiger partial charge < -0.3 is 56.5 Å². The molecule has 6 aromatic carbocycles. The van der Waals surface area contributed by atoms with Crippen LogP contribution in [0.15, 0.2) is 60.7 Å². The lowest BCUT2D eigenvalue weighted by atomic mass is 9.79. The first-order chi connectivity index (χ1) is 43.6. The molecule has 0 bridgehead atoms. The molecule has 14 heteroatoms. The molecular weight excluding hydrogens is 1240 g/mol. The smallest absolute Gasteiger partial charge is 0.246 e. The summed E-state index contributed by atoms with van der Waals surface area (Å²) in [5.41, 5.74) is 3.58. The Kier molecular flexibility index (Phi) is 19.6. The average molecular weight is 1360 g/mol. The Morgan fingerprint density at radius 3 is 0.833 bits per heavy atom. The van der Waals surface area contributed by atoms with Crippen molar-refractivity contribution in [2.24, 2.45) is 0 Å². The SMILES string of the molecule is CCOc1cc(P(=O)(c2cc(C(C)(C)C)c(OC)c(C(C)(C)C)c2)c2cc(C(C)(C)C)c(OC)c(C(C)(C)C)c2)c(-c2cc(P(=O)(c3cc(C(C)(C)C)c(OC)c(C(C)(C)C)c3)c3cc(C(C)(C)C)c(OC)c(C(C)(C)C)c3)c(OCC)c3c2OC(C)(C)O3)c2c1OC(C)(C)O2. The lowest BCUT2D eigenvalue weighted by molar-refractivity contribution is -0.0450. The largest absolute Gasteiger partial charge is 0.496 e. The maximum Gasteiger partial charge on any atom is 0.246 e. The molecule has 0 aromatic heterocycles. The quantitative estimate of drug-likeness (QED) is 0.0909. The van der Waals surface area contributed by atoms with Crippen LogP contribution in [0.25, 0.3) is 11.1 Å². The zero-order valence-electron chi connectivity index (χ0n) is 65.0. The van der Waals surface area contributed by atoms with E-state index in [0.29, 0.717) is 54.5 Å². The molecule has 2 aliphatic heterocycles. The van der Waals surface area contributed by atoms with Crippen molar-refractivity contribution in [2.45, 2.75) is 263 Å². The maximum atomic E-state index is 19.4. The van der Waals surface area contributed by atoms with E-state index in [1.807, 2.05) is 53.7 Å². The number of hydrogen-bond acceptors (Lipinski definition) is 12. The Hall–Kier alpha value is -6.22. The zero-order valence-corrected chi connectivity index (χ0v) is 66.8. The van der Waals surface area contributed by atoms with Crippen molar-refractivity contribution in [3.63, 3.8) is 0 Å². The van der Waals surface area contributed by atoms with Crippen molar-refractivity contribution in [1.82, 2.24) is 0 Å². The van der Waals surface area contributed by atoms with Crippen LogP contribution < -0.4 is 79.2 Å². The van der Waals surface area contributed by atoms with E-state index >= 15 is 9.13 Å². The molecule has 526 valence electrons. The van der Waals surface area contributed by atoms with Gasteiger partial charge in [0.05, 0.1) is 47.0 Å². The van der Waals surface area contributed by atoms with Crippen molar-refractivity contribution >= 4 is 46.1 Å². The molecule has 0 fully saturated rings. The number of methoxy groups -OCH3 is 4. The molecule has 0 radical (unpaired) electrons. The summed E-state index contributed by atoms with van der Waals surface area (Å²) >= 11 is 0. The van der Waals surface area contributed by atoms with Gasteiger partial charge >= 0.3 is 0 Å². The number of benzene rings is 6. The van der Waals surface area contributed by atoms with Gasteiger partial charge in [0.25, 0.3) is 0 Å². The predicted molar refractivity (Wildman–Crippen MR) is 399 cm³/mol. The Balaban J connectivity index is 1.80. The fourth-order valence-corrected chi connectivity index (χ4v) is 19.3. The standard InChI is InChI=1S/C82H116O12P2/c1-35-89-60-46-61(95(83,47-37-52(73(3,4)5)65(85-31)53(38-47)74(6,7)8)48-39-54(75(9,10)11)66(86-32)55(40-48)76(12,13)14)63(71-69(60)92-82(29,30)93-71)51-45-62(70(90-36-2)72-64(51)91-81(27,28)94-72)96(84,49-41-56(77(15,16)17)67(87-33)57(42-49)78(18,19)20)50-43-58(79(21,22)23)68(88-34)59(44-50)80(24,25)26/h37-46H,35-36H2,1-34H3. The Labute approximate surface area is 577 Å². The third-order valence-corrected chi connectivity index (χ3v) is 24.3. The Morgan fingerprint density at radius 1 is 0.323 bits per heavy atom. The first-order valence-corrected chi connectivity index (χ1v) is 37.6. The second-order valence-electron chi connectivity index (χ2n) is 35.4. The fourth-order valence-electron chi connectivity index (χ4n) is 13.5. The monoisotopic (exact) mass is 1350 g/mol. The molecule has 96 heavy (non-hydrogen) atoms. The number of rotatable bonds is 15. The van der Waals surface area contributed by atoms with Gasteiger partial charge in [-0.3, -0.25) is 0 Å². The summed E-state index contributed by atoms with van der Waals surface area (Å²) in [5, 5.41) is 2.84. The molecule has 0 aliphatic carbocycles. The second-order valence-corrected chi connectivity index (χ2v) is 40.9. The van der Waals surface area contributed by atoms with Crippen LogP contribution in [0.3, 0.4) is 0 Å². The summed E-state index contributed by atoms with van der Waals surface area (Å²) in [7, 11) is -2.05. The van der Waals surface area contributed by atoms with Gasteiger partial charge in [-0.25, -0.2) is 0 Å². The topological polar surface area (TPSA) is 126 Å². The van der Waals surface area contributed by atoms with Gasteiger partial charge in [-0.05, 0) is 118 Å². The highest BCUT2D eigenvalue weighted by molar-refractivity contribution is 7.86. The third-order valence-electron chi connectivity index (χ3n) is 18.3. The van der Waals surface area contributed by atoms with Gasteiger partial charge in [0.1, 0.15) is 23.0 Å². The van der Waals surface area contributed by atoms with Gasteiger partial charge in [0.15, 0.2) is 37.3 Å². The highest BCUT2D eigenvalue weighted by Gasteiger charge is 2.51. The lowest BCUT2D eigenvalue weighted by Crippen LogP contribution is -2.33. The maximum absolute atomic E-state index is 19.4. The Bertz CT molecular complexity index is 3790. The molecule has 0 saturated carbocycles. The van der Waals surface area contributed by atoms with Gasteiger partial charge in [-0.2, -0.15) is 0 Å². The van der Waals surface area contributed by atoms with E-state index in [-0.39, 0.29) is 36.2 Å². The molecule has 0 amide bonds. The molecule has 2 aliphatic rings. The van der Waals surface area contributed by atoms with E-state index in [9.17, 15) is 0 Å². The average Bonchev–Trinajstić information content (AvgIpc) is 1.19. The van der Waals surface area contributed by atoms with Gasteiger partial charge in [-0.1, -0.05) is 166 Å². The van der Waals surface area contributed by atoms with Crippen molar-refractivity contribution in [2.75, 3.05) is 41.7 Å². The molecule has 0 atom stereocenters. The Morgan fingerprint density at radius 2 is 0.573 bits per heavy atom. The summed E-state index contributed by atoms with van der Waals surface area (Å²) in [4.78, 5) is 0. The van der Waals surface area contributed by atoms with Crippen LogP contribution in [-0.4, -0.2) is 53.2 Å². The second kappa shape index (κ2) is 24.9. The first-order valence-electron chi connectivity index (χ1n) is 34.2.